The minimum absolute atomic E-state index is 0.0378. The second kappa shape index (κ2) is 5.83. The molecule has 6 nitrogen and oxygen atoms in total. The van der Waals surface area contributed by atoms with Crippen molar-refractivity contribution < 1.29 is 32.3 Å². The average Bonchev–Trinajstić information content (AvgIpc) is 3.02. The number of aromatic hydroxyl groups is 1. The number of amides is 3. The van der Waals surface area contributed by atoms with Crippen LogP contribution in [0.4, 0.5) is 23.7 Å². The van der Waals surface area contributed by atoms with E-state index in [1.54, 1.807) is 12.1 Å². The monoisotopic (exact) mass is 354 g/mol. The van der Waals surface area contributed by atoms with Gasteiger partial charge >= 0.3 is 12.2 Å². The van der Waals surface area contributed by atoms with Gasteiger partial charge in [-0.05, 0) is 24.6 Å². The van der Waals surface area contributed by atoms with Crippen molar-refractivity contribution in [3.8, 4) is 5.75 Å². The van der Waals surface area contributed by atoms with E-state index >= 15 is 0 Å². The van der Waals surface area contributed by atoms with Crippen LogP contribution in [0.5, 0.6) is 5.75 Å². The first-order chi connectivity index (χ1) is 11.7. The number of phenolic OH excluding ortho intramolecular Hbond substituents is 1. The Balaban J connectivity index is 1.88. The van der Waals surface area contributed by atoms with E-state index in [1.165, 1.54) is 19.1 Å². The van der Waals surface area contributed by atoms with Crippen LogP contribution in [0.2, 0.25) is 0 Å². The summed E-state index contributed by atoms with van der Waals surface area (Å²) >= 11 is 0. The van der Waals surface area contributed by atoms with Crippen LogP contribution in [0.3, 0.4) is 0 Å². The molecule has 0 bridgehead atoms. The Morgan fingerprint density at radius 1 is 1.24 bits per heavy atom. The number of hydrogen-bond acceptors (Lipinski definition) is 4. The smallest absolute Gasteiger partial charge is 0.451 e. The molecule has 3 rings (SSSR count). The van der Waals surface area contributed by atoms with Gasteiger partial charge in [0.05, 0.1) is 0 Å². The number of benzene rings is 1. The summed E-state index contributed by atoms with van der Waals surface area (Å²) in [6.45, 7) is 1.30. The number of anilines is 1. The summed E-state index contributed by atoms with van der Waals surface area (Å²) < 4.78 is 43.8. The van der Waals surface area contributed by atoms with E-state index in [1.807, 2.05) is 0 Å². The molecule has 1 atom stereocenters. The number of rotatable bonds is 3. The minimum Gasteiger partial charge on any atom is -0.508 e. The summed E-state index contributed by atoms with van der Waals surface area (Å²) in [6.07, 6.45) is -4.75. The SMILES string of the molecule is Cc1cc(N2C(=O)NC(Cc3ccc(O)cc3)C2=O)c(C(F)(F)F)o1. The Morgan fingerprint density at radius 2 is 1.88 bits per heavy atom. The second-order valence-electron chi connectivity index (χ2n) is 5.62. The summed E-state index contributed by atoms with van der Waals surface area (Å²) in [5.74, 6) is -2.22. The van der Waals surface area contributed by atoms with Crippen LogP contribution in [-0.2, 0) is 17.4 Å². The van der Waals surface area contributed by atoms with E-state index < -0.39 is 35.6 Å². The van der Waals surface area contributed by atoms with E-state index in [2.05, 4.69) is 9.73 Å². The summed E-state index contributed by atoms with van der Waals surface area (Å²) in [7, 11) is 0. The lowest BCUT2D eigenvalue weighted by molar-refractivity contribution is -0.152. The van der Waals surface area contributed by atoms with Gasteiger partial charge in [0.15, 0.2) is 0 Å². The molecule has 0 radical (unpaired) electrons. The number of alkyl halides is 3. The highest BCUT2D eigenvalue weighted by molar-refractivity contribution is 6.21. The van der Waals surface area contributed by atoms with Crippen LogP contribution in [-0.4, -0.2) is 23.1 Å². The topological polar surface area (TPSA) is 82.8 Å². The summed E-state index contributed by atoms with van der Waals surface area (Å²) in [4.78, 5) is 25.0. The lowest BCUT2D eigenvalue weighted by Crippen LogP contribution is -2.33. The molecule has 1 aromatic carbocycles. The maximum atomic E-state index is 13.1. The summed E-state index contributed by atoms with van der Waals surface area (Å²) in [5.41, 5.74) is 0.0124. The molecule has 1 aromatic heterocycles. The van der Waals surface area contributed by atoms with Crippen molar-refractivity contribution in [2.75, 3.05) is 4.90 Å². The first kappa shape index (κ1) is 16.9. The number of nitrogens with one attached hydrogen (secondary N) is 1. The number of imide groups is 1. The summed E-state index contributed by atoms with van der Waals surface area (Å²) in [5, 5.41) is 11.6. The number of phenols is 1. The molecule has 2 N–H and O–H groups in total. The van der Waals surface area contributed by atoms with Gasteiger partial charge in [-0.1, -0.05) is 12.1 Å². The van der Waals surface area contributed by atoms with Crippen molar-refractivity contribution in [1.82, 2.24) is 5.32 Å². The van der Waals surface area contributed by atoms with Crippen LogP contribution in [0, 0.1) is 6.92 Å². The van der Waals surface area contributed by atoms with Gasteiger partial charge < -0.3 is 14.8 Å². The molecule has 132 valence electrons. The molecule has 1 fully saturated rings. The van der Waals surface area contributed by atoms with Gasteiger partial charge in [0.1, 0.15) is 23.2 Å². The third-order valence-corrected chi connectivity index (χ3v) is 3.73. The van der Waals surface area contributed by atoms with Crippen LogP contribution in [0.1, 0.15) is 17.1 Å². The van der Waals surface area contributed by atoms with Crippen LogP contribution in [0.15, 0.2) is 34.7 Å². The Bertz CT molecular complexity index is 827. The van der Waals surface area contributed by atoms with Crippen molar-refractivity contribution in [2.24, 2.45) is 0 Å². The van der Waals surface area contributed by atoms with E-state index in [0.29, 0.717) is 10.5 Å². The third kappa shape index (κ3) is 3.17. The molecular formula is C16H13F3N2O4. The van der Waals surface area contributed by atoms with E-state index in [-0.39, 0.29) is 17.9 Å². The molecule has 1 unspecified atom stereocenters. The Kier molecular flexibility index (Phi) is 3.94. The summed E-state index contributed by atoms with van der Waals surface area (Å²) in [6, 6.07) is 4.99. The third-order valence-electron chi connectivity index (χ3n) is 3.73. The quantitative estimate of drug-likeness (QED) is 0.830. The Labute approximate surface area is 139 Å². The van der Waals surface area contributed by atoms with Crippen LogP contribution in [0.25, 0.3) is 0 Å². The molecule has 9 heteroatoms. The molecule has 25 heavy (non-hydrogen) atoms. The second-order valence-corrected chi connectivity index (χ2v) is 5.62. The van der Waals surface area contributed by atoms with Crippen molar-refractivity contribution in [2.45, 2.75) is 25.6 Å². The Morgan fingerprint density at radius 3 is 2.48 bits per heavy atom. The van der Waals surface area contributed by atoms with Crippen LogP contribution >= 0.6 is 0 Å². The van der Waals surface area contributed by atoms with Gasteiger partial charge in [0, 0.05) is 12.5 Å². The number of carbonyl (C=O) groups is 2. The highest BCUT2D eigenvalue weighted by Crippen LogP contribution is 2.40. The van der Waals surface area contributed by atoms with E-state index in [4.69, 9.17) is 0 Å². The zero-order chi connectivity index (χ0) is 18.4. The maximum absolute atomic E-state index is 13.1. The normalized spacial score (nSPS) is 17.9. The number of aryl methyl sites for hydroxylation is 1. The maximum Gasteiger partial charge on any atom is 0.451 e. The number of halogens is 3. The standard InChI is InChI=1S/C16H13F3N2O4/c1-8-6-12(13(25-8)16(17,18)19)21-14(23)11(20-15(21)24)7-9-2-4-10(22)5-3-9/h2-6,11,22H,7H2,1H3,(H,20,24). The highest BCUT2D eigenvalue weighted by Gasteiger charge is 2.46. The molecule has 1 saturated heterocycles. The van der Waals surface area contributed by atoms with Gasteiger partial charge in [-0.15, -0.1) is 0 Å². The van der Waals surface area contributed by atoms with Crippen LogP contribution < -0.4 is 10.2 Å². The minimum atomic E-state index is -4.83. The van der Waals surface area contributed by atoms with Gasteiger partial charge in [0.25, 0.3) is 5.91 Å². The molecule has 2 aromatic rings. The number of hydrogen-bond donors (Lipinski definition) is 2. The number of carbonyl (C=O) groups excluding carboxylic acids is 2. The zero-order valence-electron chi connectivity index (χ0n) is 12.9. The molecule has 0 spiro atoms. The Hall–Kier alpha value is -2.97. The molecule has 3 amide bonds. The highest BCUT2D eigenvalue weighted by atomic mass is 19.4. The largest absolute Gasteiger partial charge is 0.508 e. The van der Waals surface area contributed by atoms with Crippen molar-refractivity contribution in [3.05, 3.63) is 47.4 Å². The van der Waals surface area contributed by atoms with Crippen molar-refractivity contribution >= 4 is 17.6 Å². The number of nitrogens with zero attached hydrogens (tertiary/aromatic N) is 1. The number of urea groups is 1. The first-order valence-electron chi connectivity index (χ1n) is 7.27. The van der Waals surface area contributed by atoms with Gasteiger partial charge in [-0.2, -0.15) is 13.2 Å². The zero-order valence-corrected chi connectivity index (χ0v) is 12.9. The fraction of sp³-hybridized carbons (Fsp3) is 0.250. The molecule has 2 heterocycles. The lowest BCUT2D eigenvalue weighted by atomic mass is 10.1. The molecule has 0 saturated carbocycles. The molecule has 0 aliphatic carbocycles. The number of furan rings is 1. The fourth-order valence-corrected chi connectivity index (χ4v) is 2.64. The molecule has 1 aliphatic heterocycles. The van der Waals surface area contributed by atoms with E-state index in [9.17, 15) is 27.9 Å². The van der Waals surface area contributed by atoms with Crippen molar-refractivity contribution in [1.29, 1.82) is 0 Å². The predicted molar refractivity (Wildman–Crippen MR) is 80.1 cm³/mol. The predicted octanol–water partition coefficient (Wildman–Crippen LogP) is 2.98. The van der Waals surface area contributed by atoms with Crippen molar-refractivity contribution in [3.63, 3.8) is 0 Å². The van der Waals surface area contributed by atoms with Gasteiger partial charge in [-0.3, -0.25) is 4.79 Å². The van der Waals surface area contributed by atoms with Gasteiger partial charge in [-0.25, -0.2) is 9.69 Å². The van der Waals surface area contributed by atoms with Gasteiger partial charge in [0.2, 0.25) is 5.76 Å². The first-order valence-corrected chi connectivity index (χ1v) is 7.27. The average molecular weight is 354 g/mol. The lowest BCUT2D eigenvalue weighted by Gasteiger charge is -2.14. The fourth-order valence-electron chi connectivity index (χ4n) is 2.64. The van der Waals surface area contributed by atoms with E-state index in [0.717, 1.165) is 6.07 Å². The molecule has 1 aliphatic rings. The molecular weight excluding hydrogens is 341 g/mol.